The number of carbonyl (C=O) groups is 1. The molecule has 6 nitrogen and oxygen atoms in total. The monoisotopic (exact) mass is 375 g/mol. The van der Waals surface area contributed by atoms with Crippen LogP contribution in [0.25, 0.3) is 22.2 Å². The Kier molecular flexibility index (Phi) is 5.39. The van der Waals surface area contributed by atoms with Gasteiger partial charge in [-0.2, -0.15) is 0 Å². The van der Waals surface area contributed by atoms with Gasteiger partial charge in [-0.25, -0.2) is 9.97 Å². The summed E-state index contributed by atoms with van der Waals surface area (Å²) < 4.78 is 0. The molecule has 2 aromatic heterocycles. The highest BCUT2D eigenvalue weighted by atomic mass is 16.1. The first-order chi connectivity index (χ1) is 13.6. The van der Waals surface area contributed by atoms with Gasteiger partial charge in [0.15, 0.2) is 0 Å². The normalized spacial score (nSPS) is 19.8. The summed E-state index contributed by atoms with van der Waals surface area (Å²) >= 11 is 0. The van der Waals surface area contributed by atoms with E-state index < -0.39 is 0 Å². The summed E-state index contributed by atoms with van der Waals surface area (Å²) in [6.07, 6.45) is 11.3. The van der Waals surface area contributed by atoms with Crippen molar-refractivity contribution in [3.05, 3.63) is 48.8 Å². The fourth-order valence-electron chi connectivity index (χ4n) is 3.97. The molecule has 0 amide bonds. The van der Waals surface area contributed by atoms with Crippen molar-refractivity contribution in [1.29, 1.82) is 0 Å². The number of aromatic nitrogens is 4. The summed E-state index contributed by atoms with van der Waals surface area (Å²) in [4.78, 5) is 32.6. The molecule has 1 saturated carbocycles. The number of fused-ring (bicyclic) bond motifs is 1. The maximum Gasteiger partial charge on any atom is 0.143 e. The Labute approximate surface area is 165 Å². The lowest BCUT2D eigenvalue weighted by Crippen LogP contribution is -2.34. The fourth-order valence-corrected chi connectivity index (χ4v) is 3.97. The van der Waals surface area contributed by atoms with Crippen LogP contribution in [-0.2, 0) is 11.2 Å². The Balaban J connectivity index is 1.49. The predicted molar refractivity (Wildman–Crippen MR) is 109 cm³/mol. The molecule has 1 aromatic carbocycles. The molecular formula is C22H25N5O. The Morgan fingerprint density at radius 3 is 2.61 bits per heavy atom. The summed E-state index contributed by atoms with van der Waals surface area (Å²) in [6.45, 7) is 0. The van der Waals surface area contributed by atoms with Gasteiger partial charge in [-0.1, -0.05) is 12.1 Å². The van der Waals surface area contributed by atoms with Crippen LogP contribution in [0.15, 0.2) is 43.0 Å². The molecule has 0 unspecified atom stereocenters. The summed E-state index contributed by atoms with van der Waals surface area (Å²) in [5, 5.41) is 0.954. The van der Waals surface area contributed by atoms with Crippen molar-refractivity contribution in [1.82, 2.24) is 24.8 Å². The average molecular weight is 375 g/mol. The van der Waals surface area contributed by atoms with Crippen LogP contribution in [0, 0.1) is 5.92 Å². The largest absolute Gasteiger partial charge is 0.306 e. The molecule has 6 heteroatoms. The topological polar surface area (TPSA) is 71.9 Å². The lowest BCUT2D eigenvalue weighted by Gasteiger charge is -2.31. The van der Waals surface area contributed by atoms with Crippen molar-refractivity contribution in [3.63, 3.8) is 0 Å². The van der Waals surface area contributed by atoms with E-state index in [-0.39, 0.29) is 11.7 Å². The molecule has 0 N–H and O–H groups in total. The molecule has 0 aliphatic heterocycles. The average Bonchev–Trinajstić information content (AvgIpc) is 2.74. The van der Waals surface area contributed by atoms with Crippen LogP contribution in [-0.4, -0.2) is 50.8 Å². The summed E-state index contributed by atoms with van der Waals surface area (Å²) in [5.74, 6) is 1.01. The predicted octanol–water partition coefficient (Wildman–Crippen LogP) is 3.32. The van der Waals surface area contributed by atoms with E-state index in [1.165, 1.54) is 0 Å². The van der Waals surface area contributed by atoms with Crippen LogP contribution in [0.5, 0.6) is 0 Å². The maximum absolute atomic E-state index is 12.8. The van der Waals surface area contributed by atoms with E-state index in [0.29, 0.717) is 18.3 Å². The minimum Gasteiger partial charge on any atom is -0.306 e. The van der Waals surface area contributed by atoms with Crippen molar-refractivity contribution in [2.24, 2.45) is 5.92 Å². The molecule has 0 atom stereocenters. The number of rotatable bonds is 5. The van der Waals surface area contributed by atoms with E-state index in [1.54, 1.807) is 24.8 Å². The van der Waals surface area contributed by atoms with Crippen molar-refractivity contribution in [2.45, 2.75) is 38.1 Å². The number of carbonyl (C=O) groups excluding carboxylic acids is 1. The molecule has 0 radical (unpaired) electrons. The standard InChI is InChI=1S/C22H25N5O/c1-27(2)18-7-5-15(6-8-18)21(28)12-22-25-13-17-4-3-16(11-19(17)26-22)20-14-23-9-10-24-20/h3-4,9-11,13-15,18H,5-8,12H2,1-2H3. The number of benzene rings is 1. The third-order valence-electron chi connectivity index (χ3n) is 5.71. The second kappa shape index (κ2) is 8.10. The minimum atomic E-state index is 0.140. The molecule has 3 aromatic rings. The van der Waals surface area contributed by atoms with Crippen molar-refractivity contribution in [2.75, 3.05) is 14.1 Å². The van der Waals surface area contributed by atoms with Gasteiger partial charge in [0, 0.05) is 41.5 Å². The molecule has 0 bridgehead atoms. The van der Waals surface area contributed by atoms with E-state index in [9.17, 15) is 4.79 Å². The highest BCUT2D eigenvalue weighted by molar-refractivity contribution is 5.85. The quantitative estimate of drug-likeness (QED) is 0.681. The Morgan fingerprint density at radius 1 is 1.07 bits per heavy atom. The lowest BCUT2D eigenvalue weighted by atomic mass is 9.82. The second-order valence-corrected chi connectivity index (χ2v) is 7.76. The first-order valence-corrected chi connectivity index (χ1v) is 9.81. The van der Waals surface area contributed by atoms with Gasteiger partial charge in [0.05, 0.1) is 23.8 Å². The summed E-state index contributed by atoms with van der Waals surface area (Å²) in [7, 11) is 4.23. The van der Waals surface area contributed by atoms with Crippen molar-refractivity contribution < 1.29 is 4.79 Å². The highest BCUT2D eigenvalue weighted by Crippen LogP contribution is 2.28. The van der Waals surface area contributed by atoms with E-state index in [0.717, 1.165) is 47.8 Å². The van der Waals surface area contributed by atoms with Crippen LogP contribution in [0.2, 0.25) is 0 Å². The summed E-state index contributed by atoms with van der Waals surface area (Å²) in [6, 6.07) is 6.55. The van der Waals surface area contributed by atoms with Gasteiger partial charge in [-0.15, -0.1) is 0 Å². The van der Waals surface area contributed by atoms with Gasteiger partial charge in [-0.05, 0) is 45.8 Å². The molecule has 4 rings (SSSR count). The van der Waals surface area contributed by atoms with E-state index in [1.807, 2.05) is 18.2 Å². The zero-order valence-electron chi connectivity index (χ0n) is 16.4. The Bertz CT molecular complexity index is 965. The first kappa shape index (κ1) is 18.6. The van der Waals surface area contributed by atoms with Crippen LogP contribution in [0.3, 0.4) is 0 Å². The zero-order valence-corrected chi connectivity index (χ0v) is 16.4. The number of hydrogen-bond donors (Lipinski definition) is 0. The smallest absolute Gasteiger partial charge is 0.143 e. The summed E-state index contributed by atoms with van der Waals surface area (Å²) in [5.41, 5.74) is 2.59. The Hall–Kier alpha value is -2.73. The number of ketones is 1. The fraction of sp³-hybridized carbons (Fsp3) is 0.409. The second-order valence-electron chi connectivity index (χ2n) is 7.76. The molecule has 2 heterocycles. The van der Waals surface area contributed by atoms with Gasteiger partial charge < -0.3 is 4.90 Å². The third kappa shape index (κ3) is 4.07. The van der Waals surface area contributed by atoms with E-state index in [4.69, 9.17) is 0 Å². The van der Waals surface area contributed by atoms with Crippen LogP contribution in [0.1, 0.15) is 31.5 Å². The van der Waals surface area contributed by atoms with E-state index in [2.05, 4.69) is 38.9 Å². The SMILES string of the molecule is CN(C)C1CCC(C(=O)Cc2ncc3ccc(-c4cnccn4)cc3n2)CC1. The first-order valence-electron chi connectivity index (χ1n) is 9.81. The molecule has 28 heavy (non-hydrogen) atoms. The lowest BCUT2D eigenvalue weighted by molar-refractivity contribution is -0.123. The van der Waals surface area contributed by atoms with Crippen LogP contribution < -0.4 is 0 Å². The molecule has 1 fully saturated rings. The van der Waals surface area contributed by atoms with Gasteiger partial charge >= 0.3 is 0 Å². The maximum atomic E-state index is 12.8. The molecule has 1 aliphatic rings. The third-order valence-corrected chi connectivity index (χ3v) is 5.71. The molecular weight excluding hydrogens is 350 g/mol. The zero-order chi connectivity index (χ0) is 19.5. The van der Waals surface area contributed by atoms with Crippen molar-refractivity contribution in [3.8, 4) is 11.3 Å². The molecule has 144 valence electrons. The Morgan fingerprint density at radius 2 is 1.89 bits per heavy atom. The molecule has 0 spiro atoms. The highest BCUT2D eigenvalue weighted by Gasteiger charge is 2.27. The van der Waals surface area contributed by atoms with Gasteiger partial charge in [0.1, 0.15) is 11.6 Å². The number of hydrogen-bond acceptors (Lipinski definition) is 6. The van der Waals surface area contributed by atoms with Gasteiger partial charge in [-0.3, -0.25) is 14.8 Å². The van der Waals surface area contributed by atoms with Crippen LogP contribution >= 0.6 is 0 Å². The van der Waals surface area contributed by atoms with Gasteiger partial charge in [0.25, 0.3) is 0 Å². The molecule has 1 aliphatic carbocycles. The minimum absolute atomic E-state index is 0.140. The number of nitrogens with zero attached hydrogens (tertiary/aromatic N) is 5. The van der Waals surface area contributed by atoms with E-state index >= 15 is 0 Å². The van der Waals surface area contributed by atoms with Gasteiger partial charge in [0.2, 0.25) is 0 Å². The van der Waals surface area contributed by atoms with Crippen LogP contribution in [0.4, 0.5) is 0 Å². The number of Topliss-reactive ketones (excluding diaryl/α,β-unsaturated/α-hetero) is 1. The van der Waals surface area contributed by atoms with Crippen molar-refractivity contribution >= 4 is 16.7 Å². The molecule has 0 saturated heterocycles.